The van der Waals surface area contributed by atoms with Crippen LogP contribution >= 0.6 is 15.9 Å². The first-order chi connectivity index (χ1) is 8.01. The van der Waals surface area contributed by atoms with Crippen LogP contribution in [0.15, 0.2) is 22.7 Å². The molecule has 0 aliphatic carbocycles. The van der Waals surface area contributed by atoms with E-state index in [2.05, 4.69) is 15.9 Å². The van der Waals surface area contributed by atoms with Crippen LogP contribution in [0.5, 0.6) is 5.75 Å². The molecule has 0 aromatic heterocycles. The molecule has 2 unspecified atom stereocenters. The molecule has 1 heterocycles. The molecule has 92 valence electrons. The highest BCUT2D eigenvalue weighted by Gasteiger charge is 2.47. The Balaban J connectivity index is 2.55. The first-order valence-electron chi connectivity index (χ1n) is 4.93. The molecule has 2 rings (SSSR count). The van der Waals surface area contributed by atoms with Crippen LogP contribution in [0.4, 0.5) is 0 Å². The summed E-state index contributed by atoms with van der Waals surface area (Å²) in [5, 5.41) is 9.37. The number of carbonyl (C=O) groups excluding carboxylic acids is 1. The van der Waals surface area contributed by atoms with Crippen LogP contribution < -0.4 is 4.74 Å². The molecule has 1 aliphatic heterocycles. The van der Waals surface area contributed by atoms with E-state index in [4.69, 9.17) is 4.74 Å². The van der Waals surface area contributed by atoms with Gasteiger partial charge in [0.15, 0.2) is 10.5 Å². The monoisotopic (exact) mass is 318 g/mol. The van der Waals surface area contributed by atoms with Crippen LogP contribution in [0.25, 0.3) is 0 Å². The molecule has 0 spiro atoms. The Kier molecular flexibility index (Phi) is 3.38. The largest absolute Gasteiger partial charge is 0.491 e. The predicted octanol–water partition coefficient (Wildman–Crippen LogP) is 1.13. The van der Waals surface area contributed by atoms with E-state index >= 15 is 0 Å². The van der Waals surface area contributed by atoms with Gasteiger partial charge in [0.05, 0.1) is 12.2 Å². The molecule has 4 nitrogen and oxygen atoms in total. The van der Waals surface area contributed by atoms with E-state index in [1.54, 1.807) is 18.2 Å². The quantitative estimate of drug-likeness (QED) is 0.888. The van der Waals surface area contributed by atoms with Gasteiger partial charge in [-0.3, -0.25) is 9.00 Å². The average Bonchev–Trinajstić information content (AvgIpc) is 2.30. The second-order valence-electron chi connectivity index (χ2n) is 3.86. The van der Waals surface area contributed by atoms with Crippen LogP contribution in [0.1, 0.15) is 10.4 Å². The van der Waals surface area contributed by atoms with Crippen molar-refractivity contribution in [1.82, 2.24) is 0 Å². The van der Waals surface area contributed by atoms with Crippen LogP contribution in [0, 0.1) is 0 Å². The molecule has 6 heteroatoms. The van der Waals surface area contributed by atoms with Crippen molar-refractivity contribution in [2.24, 2.45) is 0 Å². The summed E-state index contributed by atoms with van der Waals surface area (Å²) >= 11 is 3.27. The number of hydrogen-bond acceptors (Lipinski definition) is 4. The minimum atomic E-state index is -1.49. The summed E-state index contributed by atoms with van der Waals surface area (Å²) in [4.78, 5) is 12.3. The zero-order chi connectivity index (χ0) is 12.6. The number of ketones is 1. The maximum absolute atomic E-state index is 12.3. The van der Waals surface area contributed by atoms with E-state index in [1.165, 1.54) is 6.26 Å². The van der Waals surface area contributed by atoms with E-state index in [1.807, 2.05) is 0 Å². The normalized spacial score (nSPS) is 25.0. The first kappa shape index (κ1) is 12.7. The van der Waals surface area contributed by atoms with Gasteiger partial charge in [0.1, 0.15) is 12.4 Å². The summed E-state index contributed by atoms with van der Waals surface area (Å²) in [6, 6.07) is 5.06. The summed E-state index contributed by atoms with van der Waals surface area (Å²) in [5.41, 5.74) is 0.356. The number of ether oxygens (including phenoxy) is 1. The lowest BCUT2D eigenvalue weighted by Gasteiger charge is -2.32. The number of carbonyl (C=O) groups is 1. The number of fused-ring (bicyclic) bond motifs is 1. The molecule has 0 fully saturated rings. The van der Waals surface area contributed by atoms with Crippen molar-refractivity contribution in [3.8, 4) is 5.75 Å². The number of benzene rings is 1. The van der Waals surface area contributed by atoms with E-state index in [-0.39, 0.29) is 12.4 Å². The van der Waals surface area contributed by atoms with E-state index in [0.29, 0.717) is 11.3 Å². The smallest absolute Gasteiger partial charge is 0.191 e. The highest BCUT2D eigenvalue weighted by atomic mass is 79.9. The lowest BCUT2D eigenvalue weighted by molar-refractivity contribution is 0.0791. The molecule has 1 aromatic carbocycles. The van der Waals surface area contributed by atoms with Crippen LogP contribution in [0.2, 0.25) is 0 Å². The zero-order valence-corrected chi connectivity index (χ0v) is 11.5. The van der Waals surface area contributed by atoms with Crippen molar-refractivity contribution >= 4 is 32.5 Å². The Morgan fingerprint density at radius 3 is 2.88 bits per heavy atom. The maximum atomic E-state index is 12.3. The summed E-state index contributed by atoms with van der Waals surface area (Å²) in [7, 11) is -1.49. The van der Waals surface area contributed by atoms with Crippen molar-refractivity contribution in [2.75, 3.05) is 19.5 Å². The number of aliphatic hydroxyl groups excluding tert-OH is 1. The Bertz CT molecular complexity index is 502. The van der Waals surface area contributed by atoms with Gasteiger partial charge >= 0.3 is 0 Å². The Labute approximate surface area is 110 Å². The van der Waals surface area contributed by atoms with Gasteiger partial charge in [0.25, 0.3) is 0 Å². The summed E-state index contributed by atoms with van der Waals surface area (Å²) in [5.74, 6) is 0.135. The molecule has 0 amide bonds. The zero-order valence-electron chi connectivity index (χ0n) is 9.10. The van der Waals surface area contributed by atoms with Crippen molar-refractivity contribution in [3.05, 3.63) is 28.2 Å². The first-order valence-corrected chi connectivity index (χ1v) is 7.28. The van der Waals surface area contributed by atoms with Crippen LogP contribution in [-0.2, 0) is 10.8 Å². The molecular formula is C11H11BrO4S. The van der Waals surface area contributed by atoms with Gasteiger partial charge in [0, 0.05) is 21.5 Å². The number of hydrogen-bond donors (Lipinski definition) is 1. The Hall–Kier alpha value is -0.720. The predicted molar refractivity (Wildman–Crippen MR) is 67.9 cm³/mol. The van der Waals surface area contributed by atoms with Gasteiger partial charge < -0.3 is 9.84 Å². The van der Waals surface area contributed by atoms with E-state index in [0.717, 1.165) is 4.47 Å². The molecule has 0 radical (unpaired) electrons. The van der Waals surface area contributed by atoms with Gasteiger partial charge in [-0.25, -0.2) is 0 Å². The number of rotatable bonds is 2. The summed E-state index contributed by atoms with van der Waals surface area (Å²) in [6.45, 7) is -0.541. The number of halogens is 1. The van der Waals surface area contributed by atoms with Crippen LogP contribution in [0.3, 0.4) is 0 Å². The summed E-state index contributed by atoms with van der Waals surface area (Å²) < 4.78 is 16.5. The lowest BCUT2D eigenvalue weighted by Crippen LogP contribution is -2.53. The maximum Gasteiger partial charge on any atom is 0.191 e. The second-order valence-corrected chi connectivity index (χ2v) is 6.47. The lowest BCUT2D eigenvalue weighted by atomic mass is 9.95. The minimum Gasteiger partial charge on any atom is -0.491 e. The van der Waals surface area contributed by atoms with Crippen LogP contribution in [-0.4, -0.2) is 39.3 Å². The standard InChI is InChI=1S/C11H11BrO4S/c1-17(15)11(5-13)6-16-9-3-2-7(12)4-8(9)10(11)14/h2-4,13H,5-6H2,1H3. The topological polar surface area (TPSA) is 63.6 Å². The molecule has 0 saturated carbocycles. The molecule has 2 atom stereocenters. The van der Waals surface area contributed by atoms with Gasteiger partial charge in [-0.15, -0.1) is 0 Å². The minimum absolute atomic E-state index is 0.0555. The fourth-order valence-corrected chi connectivity index (χ4v) is 2.87. The fraction of sp³-hybridized carbons (Fsp3) is 0.364. The van der Waals surface area contributed by atoms with E-state index in [9.17, 15) is 14.1 Å². The molecule has 17 heavy (non-hydrogen) atoms. The average molecular weight is 319 g/mol. The fourth-order valence-electron chi connectivity index (χ4n) is 1.73. The molecule has 1 aliphatic rings. The SMILES string of the molecule is CS(=O)C1(CO)COc2ccc(Br)cc2C1=O. The van der Waals surface area contributed by atoms with Crippen molar-refractivity contribution < 1.29 is 18.8 Å². The Morgan fingerprint density at radius 1 is 1.59 bits per heavy atom. The van der Waals surface area contributed by atoms with Crippen molar-refractivity contribution in [1.29, 1.82) is 0 Å². The van der Waals surface area contributed by atoms with Crippen molar-refractivity contribution in [3.63, 3.8) is 0 Å². The van der Waals surface area contributed by atoms with Gasteiger partial charge in [-0.05, 0) is 18.2 Å². The highest BCUT2D eigenvalue weighted by Crippen LogP contribution is 2.34. The van der Waals surface area contributed by atoms with Gasteiger partial charge in [0.2, 0.25) is 0 Å². The molecule has 1 aromatic rings. The van der Waals surface area contributed by atoms with Gasteiger partial charge in [-0.2, -0.15) is 0 Å². The third-order valence-corrected chi connectivity index (χ3v) is 4.89. The van der Waals surface area contributed by atoms with Crippen molar-refractivity contribution in [2.45, 2.75) is 4.75 Å². The summed E-state index contributed by atoms with van der Waals surface area (Å²) in [6.07, 6.45) is 1.40. The van der Waals surface area contributed by atoms with Gasteiger partial charge in [-0.1, -0.05) is 15.9 Å². The molecule has 0 bridgehead atoms. The number of aliphatic hydroxyl groups is 1. The molecule has 1 N–H and O–H groups in total. The Morgan fingerprint density at radius 2 is 2.29 bits per heavy atom. The number of Topliss-reactive ketones (excluding diaryl/α,β-unsaturated/α-hetero) is 1. The molecular weight excluding hydrogens is 308 g/mol. The third kappa shape index (κ3) is 1.94. The highest BCUT2D eigenvalue weighted by molar-refractivity contribution is 9.10. The second kappa shape index (κ2) is 4.51. The van der Waals surface area contributed by atoms with E-state index < -0.39 is 22.2 Å². The third-order valence-electron chi connectivity index (χ3n) is 2.87. The molecule has 0 saturated heterocycles.